The zero-order chi connectivity index (χ0) is 11.1. The Labute approximate surface area is 89.9 Å². The van der Waals surface area contributed by atoms with Crippen molar-refractivity contribution in [2.45, 2.75) is 25.8 Å². The van der Waals surface area contributed by atoms with Crippen LogP contribution in [0.3, 0.4) is 0 Å². The Morgan fingerprint density at radius 3 is 3.07 bits per heavy atom. The Morgan fingerprint density at radius 1 is 1.67 bits per heavy atom. The third-order valence-corrected chi connectivity index (χ3v) is 2.23. The number of pyridine rings is 1. The summed E-state index contributed by atoms with van der Waals surface area (Å²) in [5.41, 5.74) is 6.19. The lowest BCUT2D eigenvalue weighted by atomic mass is 10.1. The summed E-state index contributed by atoms with van der Waals surface area (Å²) in [7, 11) is 0. The quantitative estimate of drug-likeness (QED) is 0.684. The predicted molar refractivity (Wildman–Crippen MR) is 59.1 cm³/mol. The zero-order valence-electron chi connectivity index (χ0n) is 8.94. The molecule has 0 aliphatic heterocycles. The highest BCUT2D eigenvalue weighted by Gasteiger charge is 2.03. The van der Waals surface area contributed by atoms with Crippen molar-refractivity contribution in [2.75, 3.05) is 6.54 Å². The number of nitrogens with one attached hydrogen (secondary N) is 1. The van der Waals surface area contributed by atoms with Crippen molar-refractivity contribution in [1.29, 1.82) is 0 Å². The van der Waals surface area contributed by atoms with E-state index in [-0.39, 0.29) is 11.9 Å². The zero-order valence-corrected chi connectivity index (χ0v) is 8.94. The van der Waals surface area contributed by atoms with Crippen molar-refractivity contribution in [1.82, 2.24) is 10.3 Å². The summed E-state index contributed by atoms with van der Waals surface area (Å²) in [5, 5.41) is 3.31. The van der Waals surface area contributed by atoms with E-state index in [0.717, 1.165) is 18.5 Å². The second-order valence-corrected chi connectivity index (χ2v) is 3.53. The summed E-state index contributed by atoms with van der Waals surface area (Å²) >= 11 is 0. The van der Waals surface area contributed by atoms with E-state index in [1.807, 2.05) is 18.3 Å². The summed E-state index contributed by atoms with van der Waals surface area (Å²) in [6.07, 6.45) is 4.81. The third-order valence-electron chi connectivity index (χ3n) is 2.23. The molecule has 1 aromatic heterocycles. The predicted octanol–water partition coefficient (Wildman–Crippen LogP) is 0.998. The van der Waals surface area contributed by atoms with Crippen molar-refractivity contribution < 1.29 is 4.79 Å². The van der Waals surface area contributed by atoms with Gasteiger partial charge in [0.1, 0.15) is 0 Å². The number of aromatic nitrogens is 1. The molecule has 82 valence electrons. The number of primary amides is 1. The van der Waals surface area contributed by atoms with Crippen LogP contribution in [0.25, 0.3) is 0 Å². The summed E-state index contributed by atoms with van der Waals surface area (Å²) in [6.45, 7) is 2.86. The van der Waals surface area contributed by atoms with Gasteiger partial charge in [0.15, 0.2) is 0 Å². The Morgan fingerprint density at radius 2 is 2.47 bits per heavy atom. The minimum absolute atomic E-state index is 0.245. The molecule has 0 radical (unpaired) electrons. The molecule has 1 heterocycles. The largest absolute Gasteiger partial charge is 0.370 e. The Bertz CT molecular complexity index is 300. The fraction of sp³-hybridized carbons (Fsp3) is 0.455. The Balaban J connectivity index is 2.25. The molecule has 0 aliphatic rings. The highest BCUT2D eigenvalue weighted by atomic mass is 16.1. The minimum Gasteiger partial charge on any atom is -0.370 e. The van der Waals surface area contributed by atoms with Crippen LogP contribution in [0.15, 0.2) is 24.5 Å². The number of carbonyl (C=O) groups is 1. The SMILES string of the molecule is CC(NCCCC(N)=O)c1cccnc1. The lowest BCUT2D eigenvalue weighted by Gasteiger charge is -2.12. The van der Waals surface area contributed by atoms with Gasteiger partial charge < -0.3 is 11.1 Å². The molecule has 1 amide bonds. The van der Waals surface area contributed by atoms with Crippen molar-refractivity contribution >= 4 is 5.91 Å². The van der Waals surface area contributed by atoms with Gasteiger partial charge in [-0.05, 0) is 31.5 Å². The molecule has 0 saturated heterocycles. The van der Waals surface area contributed by atoms with Gasteiger partial charge in [0.2, 0.25) is 5.91 Å². The highest BCUT2D eigenvalue weighted by Crippen LogP contribution is 2.09. The molecule has 1 rings (SSSR count). The second kappa shape index (κ2) is 6.14. The monoisotopic (exact) mass is 207 g/mol. The lowest BCUT2D eigenvalue weighted by molar-refractivity contribution is -0.118. The molecule has 15 heavy (non-hydrogen) atoms. The average molecular weight is 207 g/mol. The van der Waals surface area contributed by atoms with Gasteiger partial charge in [0.25, 0.3) is 0 Å². The van der Waals surface area contributed by atoms with Crippen LogP contribution in [-0.4, -0.2) is 17.4 Å². The van der Waals surface area contributed by atoms with Crippen LogP contribution < -0.4 is 11.1 Å². The minimum atomic E-state index is -0.245. The number of hydrogen-bond acceptors (Lipinski definition) is 3. The Hall–Kier alpha value is -1.42. The summed E-state index contributed by atoms with van der Waals surface area (Å²) in [5.74, 6) is -0.245. The van der Waals surface area contributed by atoms with Crippen molar-refractivity contribution in [3.63, 3.8) is 0 Å². The topological polar surface area (TPSA) is 68.0 Å². The van der Waals surface area contributed by atoms with Gasteiger partial charge >= 0.3 is 0 Å². The highest BCUT2D eigenvalue weighted by molar-refractivity contribution is 5.73. The van der Waals surface area contributed by atoms with Crippen molar-refractivity contribution in [2.24, 2.45) is 5.73 Å². The first-order valence-electron chi connectivity index (χ1n) is 5.12. The summed E-state index contributed by atoms with van der Waals surface area (Å²) in [6, 6.07) is 4.20. The fourth-order valence-corrected chi connectivity index (χ4v) is 1.33. The van der Waals surface area contributed by atoms with E-state index in [1.165, 1.54) is 0 Å². The van der Waals surface area contributed by atoms with Crippen molar-refractivity contribution in [3.05, 3.63) is 30.1 Å². The first kappa shape index (κ1) is 11.7. The van der Waals surface area contributed by atoms with Crippen LogP contribution >= 0.6 is 0 Å². The standard InChI is InChI=1S/C11H17N3O/c1-9(10-4-2-6-13-8-10)14-7-3-5-11(12)15/h2,4,6,8-9,14H,3,5,7H2,1H3,(H2,12,15). The molecule has 1 unspecified atom stereocenters. The van der Waals surface area contributed by atoms with Crippen LogP contribution in [0.2, 0.25) is 0 Å². The van der Waals surface area contributed by atoms with Gasteiger partial charge in [0, 0.05) is 24.9 Å². The van der Waals surface area contributed by atoms with E-state index in [4.69, 9.17) is 5.73 Å². The average Bonchev–Trinajstić information content (AvgIpc) is 2.25. The van der Waals surface area contributed by atoms with E-state index < -0.39 is 0 Å². The smallest absolute Gasteiger partial charge is 0.217 e. The van der Waals surface area contributed by atoms with Crippen LogP contribution in [0.1, 0.15) is 31.4 Å². The maximum atomic E-state index is 10.5. The number of rotatable bonds is 6. The van der Waals surface area contributed by atoms with Crippen LogP contribution in [-0.2, 0) is 4.79 Å². The fourth-order valence-electron chi connectivity index (χ4n) is 1.33. The number of hydrogen-bond donors (Lipinski definition) is 2. The Kier molecular flexibility index (Phi) is 4.77. The van der Waals surface area contributed by atoms with Crippen LogP contribution in [0, 0.1) is 0 Å². The van der Waals surface area contributed by atoms with Gasteiger partial charge in [0.05, 0.1) is 0 Å². The lowest BCUT2D eigenvalue weighted by Crippen LogP contribution is -2.21. The molecule has 0 aromatic carbocycles. The molecule has 1 aromatic rings. The first-order valence-corrected chi connectivity index (χ1v) is 5.12. The number of amides is 1. The second-order valence-electron chi connectivity index (χ2n) is 3.53. The first-order chi connectivity index (χ1) is 7.20. The molecule has 4 nitrogen and oxygen atoms in total. The molecule has 1 atom stereocenters. The molecule has 0 aliphatic carbocycles. The van der Waals surface area contributed by atoms with Gasteiger partial charge in [-0.15, -0.1) is 0 Å². The maximum Gasteiger partial charge on any atom is 0.217 e. The molecule has 0 fully saturated rings. The molecule has 3 N–H and O–H groups in total. The van der Waals surface area contributed by atoms with E-state index in [9.17, 15) is 4.79 Å². The molecular formula is C11H17N3O. The van der Waals surface area contributed by atoms with E-state index >= 15 is 0 Å². The third kappa shape index (κ3) is 4.56. The van der Waals surface area contributed by atoms with E-state index in [2.05, 4.69) is 17.2 Å². The van der Waals surface area contributed by atoms with Crippen LogP contribution in [0.5, 0.6) is 0 Å². The van der Waals surface area contributed by atoms with Gasteiger partial charge in [-0.3, -0.25) is 9.78 Å². The van der Waals surface area contributed by atoms with E-state index in [0.29, 0.717) is 6.42 Å². The summed E-state index contributed by atoms with van der Waals surface area (Å²) in [4.78, 5) is 14.5. The maximum absolute atomic E-state index is 10.5. The van der Waals surface area contributed by atoms with Gasteiger partial charge in [-0.2, -0.15) is 0 Å². The normalized spacial score (nSPS) is 12.3. The number of carbonyl (C=O) groups excluding carboxylic acids is 1. The van der Waals surface area contributed by atoms with Gasteiger partial charge in [-0.1, -0.05) is 6.07 Å². The molecule has 0 saturated carbocycles. The molecular weight excluding hydrogens is 190 g/mol. The summed E-state index contributed by atoms with van der Waals surface area (Å²) < 4.78 is 0. The van der Waals surface area contributed by atoms with Gasteiger partial charge in [-0.25, -0.2) is 0 Å². The molecule has 0 bridgehead atoms. The molecule has 0 spiro atoms. The molecule has 4 heteroatoms. The number of nitrogens with zero attached hydrogens (tertiary/aromatic N) is 1. The van der Waals surface area contributed by atoms with E-state index in [1.54, 1.807) is 6.20 Å². The van der Waals surface area contributed by atoms with Crippen molar-refractivity contribution in [3.8, 4) is 0 Å². The number of nitrogens with two attached hydrogens (primary N) is 1. The van der Waals surface area contributed by atoms with Crippen LogP contribution in [0.4, 0.5) is 0 Å².